The van der Waals surface area contributed by atoms with Crippen LogP contribution in [0.4, 0.5) is 0 Å². The summed E-state index contributed by atoms with van der Waals surface area (Å²) in [5, 5.41) is 8.97. The van der Waals surface area contributed by atoms with E-state index in [1.165, 1.54) is 13.8 Å². The Morgan fingerprint density at radius 2 is 1.75 bits per heavy atom. The number of Topliss-reactive ketones (excluding diaryl/α,β-unsaturated/α-hetero) is 1. The molecule has 0 aliphatic heterocycles. The first kappa shape index (κ1) is 20.5. The van der Waals surface area contributed by atoms with Crippen LogP contribution in [0.15, 0.2) is 48.5 Å². The summed E-state index contributed by atoms with van der Waals surface area (Å²) in [6.45, 7) is 2.60. The van der Waals surface area contributed by atoms with Gasteiger partial charge in [-0.05, 0) is 50.2 Å². The molecule has 2 amide bonds. The number of ketones is 1. The lowest BCUT2D eigenvalue weighted by molar-refractivity contribution is -0.133. The third-order valence-corrected chi connectivity index (χ3v) is 3.63. The first-order chi connectivity index (χ1) is 13.4. The van der Waals surface area contributed by atoms with Gasteiger partial charge in [0.1, 0.15) is 17.6 Å². The molecule has 0 aromatic heterocycles. The fraction of sp³-hybridized carbons (Fsp3) is 0.200. The molecule has 1 atom stereocenters. The number of para-hydroxylation sites is 1. The molecule has 8 nitrogen and oxygen atoms in total. The molecule has 0 bridgehead atoms. The minimum absolute atomic E-state index is 0.0698. The number of nitrogens with zero attached hydrogens (tertiary/aromatic N) is 1. The number of benzene rings is 2. The van der Waals surface area contributed by atoms with E-state index >= 15 is 0 Å². The summed E-state index contributed by atoms with van der Waals surface area (Å²) in [4.78, 5) is 35.1. The van der Waals surface area contributed by atoms with Gasteiger partial charge in [-0.25, -0.2) is 0 Å². The second-order valence-corrected chi connectivity index (χ2v) is 5.77. The summed E-state index contributed by atoms with van der Waals surface area (Å²) >= 11 is 0. The molecule has 2 N–H and O–H groups in total. The van der Waals surface area contributed by atoms with Crippen molar-refractivity contribution in [2.45, 2.75) is 20.0 Å². The average Bonchev–Trinajstić information content (AvgIpc) is 2.70. The monoisotopic (exact) mass is 381 g/mol. The fourth-order valence-corrected chi connectivity index (χ4v) is 2.12. The zero-order valence-corrected chi connectivity index (χ0v) is 15.4. The number of carbonyl (C=O) groups is 3. The highest BCUT2D eigenvalue weighted by Gasteiger charge is 2.16. The van der Waals surface area contributed by atoms with E-state index in [9.17, 15) is 14.4 Å². The summed E-state index contributed by atoms with van der Waals surface area (Å²) in [7, 11) is 0. The Bertz CT molecular complexity index is 903. The highest BCUT2D eigenvalue weighted by molar-refractivity contribution is 5.94. The number of rotatable bonds is 7. The van der Waals surface area contributed by atoms with Gasteiger partial charge in [-0.15, -0.1) is 0 Å². The smallest absolute Gasteiger partial charge is 0.279 e. The molecule has 0 heterocycles. The molecule has 0 aliphatic carbocycles. The molecular weight excluding hydrogens is 362 g/mol. The molecule has 28 heavy (non-hydrogen) atoms. The Labute approximate surface area is 162 Å². The van der Waals surface area contributed by atoms with E-state index in [2.05, 4.69) is 10.9 Å². The second-order valence-electron chi connectivity index (χ2n) is 5.77. The van der Waals surface area contributed by atoms with Crippen LogP contribution in [0.3, 0.4) is 0 Å². The van der Waals surface area contributed by atoms with E-state index in [1.54, 1.807) is 48.5 Å². The van der Waals surface area contributed by atoms with Crippen LogP contribution in [-0.2, 0) is 9.59 Å². The highest BCUT2D eigenvalue weighted by atomic mass is 16.5. The fourth-order valence-electron chi connectivity index (χ4n) is 2.12. The van der Waals surface area contributed by atoms with Crippen LogP contribution in [0.2, 0.25) is 0 Å². The molecule has 0 saturated heterocycles. The normalized spacial score (nSPS) is 10.9. The van der Waals surface area contributed by atoms with Gasteiger partial charge >= 0.3 is 0 Å². The summed E-state index contributed by atoms with van der Waals surface area (Å²) < 4.78 is 10.7. The van der Waals surface area contributed by atoms with E-state index in [-0.39, 0.29) is 18.1 Å². The maximum atomic E-state index is 12.0. The predicted molar refractivity (Wildman–Crippen MR) is 99.5 cm³/mol. The molecule has 0 radical (unpaired) electrons. The molecule has 1 unspecified atom stereocenters. The molecule has 0 aliphatic rings. The summed E-state index contributed by atoms with van der Waals surface area (Å²) in [6, 6.07) is 14.8. The Kier molecular flexibility index (Phi) is 7.11. The van der Waals surface area contributed by atoms with E-state index in [1.807, 2.05) is 6.07 Å². The summed E-state index contributed by atoms with van der Waals surface area (Å²) in [5.74, 6) is -0.548. The van der Waals surface area contributed by atoms with E-state index in [0.29, 0.717) is 16.9 Å². The number of hydrogen-bond acceptors (Lipinski definition) is 6. The number of amides is 2. The summed E-state index contributed by atoms with van der Waals surface area (Å²) in [5.41, 5.74) is 5.28. The van der Waals surface area contributed by atoms with Gasteiger partial charge in [-0.2, -0.15) is 5.26 Å². The molecule has 2 aromatic carbocycles. The van der Waals surface area contributed by atoms with Crippen LogP contribution in [0, 0.1) is 11.3 Å². The molecule has 0 saturated carbocycles. The minimum atomic E-state index is -0.885. The average molecular weight is 381 g/mol. The van der Waals surface area contributed by atoms with Crippen molar-refractivity contribution in [3.05, 3.63) is 59.7 Å². The zero-order valence-electron chi connectivity index (χ0n) is 15.4. The lowest BCUT2D eigenvalue weighted by Crippen LogP contribution is -2.48. The number of ether oxygens (including phenoxy) is 2. The second kappa shape index (κ2) is 9.73. The van der Waals surface area contributed by atoms with Crippen molar-refractivity contribution in [1.82, 2.24) is 10.9 Å². The van der Waals surface area contributed by atoms with Crippen molar-refractivity contribution in [2.75, 3.05) is 6.61 Å². The third-order valence-electron chi connectivity index (χ3n) is 3.63. The van der Waals surface area contributed by atoms with Crippen molar-refractivity contribution >= 4 is 17.6 Å². The van der Waals surface area contributed by atoms with Gasteiger partial charge in [-0.1, -0.05) is 12.1 Å². The van der Waals surface area contributed by atoms with Gasteiger partial charge in [0, 0.05) is 5.56 Å². The molecule has 2 rings (SSSR count). The van der Waals surface area contributed by atoms with Gasteiger partial charge < -0.3 is 9.47 Å². The van der Waals surface area contributed by atoms with Gasteiger partial charge in [0.2, 0.25) is 0 Å². The highest BCUT2D eigenvalue weighted by Crippen LogP contribution is 2.16. The minimum Gasteiger partial charge on any atom is -0.482 e. The maximum absolute atomic E-state index is 12.0. The molecule has 8 heteroatoms. The van der Waals surface area contributed by atoms with Crippen LogP contribution >= 0.6 is 0 Å². The largest absolute Gasteiger partial charge is 0.482 e. The van der Waals surface area contributed by atoms with Gasteiger partial charge in [0.15, 0.2) is 18.5 Å². The molecule has 144 valence electrons. The van der Waals surface area contributed by atoms with Crippen LogP contribution in [0.25, 0.3) is 0 Å². The number of nitrogens with one attached hydrogen (secondary N) is 2. The topological polar surface area (TPSA) is 118 Å². The Morgan fingerprint density at radius 1 is 1.07 bits per heavy atom. The first-order valence-electron chi connectivity index (χ1n) is 8.39. The van der Waals surface area contributed by atoms with Crippen LogP contribution in [0.5, 0.6) is 11.5 Å². The number of carbonyl (C=O) groups excluding carboxylic acids is 3. The van der Waals surface area contributed by atoms with E-state index < -0.39 is 17.9 Å². The lowest BCUT2D eigenvalue weighted by atomic mass is 10.1. The van der Waals surface area contributed by atoms with Gasteiger partial charge in [0.05, 0.1) is 5.56 Å². The quantitative estimate of drug-likeness (QED) is 0.557. The SMILES string of the molecule is CC(=O)c1ccc(OC(C)C(=O)NNC(=O)COc2ccccc2C#N)cc1. The number of hydrogen-bond donors (Lipinski definition) is 2. The molecule has 0 fully saturated rings. The van der Waals surface area contributed by atoms with E-state index in [0.717, 1.165) is 0 Å². The van der Waals surface area contributed by atoms with Crippen molar-refractivity contribution in [3.63, 3.8) is 0 Å². The van der Waals surface area contributed by atoms with Crippen molar-refractivity contribution in [2.24, 2.45) is 0 Å². The standard InChI is InChI=1S/C20H19N3O5/c1-13(24)15-7-9-17(10-8-15)28-14(2)20(26)23-22-19(25)12-27-18-6-4-3-5-16(18)11-21/h3-10,14H,12H2,1-2H3,(H,22,25)(H,23,26). The van der Waals surface area contributed by atoms with Crippen molar-refractivity contribution in [1.29, 1.82) is 5.26 Å². The number of hydrazine groups is 1. The Morgan fingerprint density at radius 3 is 2.39 bits per heavy atom. The Hall–Kier alpha value is -3.86. The van der Waals surface area contributed by atoms with E-state index in [4.69, 9.17) is 14.7 Å². The first-order valence-corrected chi connectivity index (χ1v) is 8.39. The third kappa shape index (κ3) is 5.85. The lowest BCUT2D eigenvalue weighted by Gasteiger charge is -2.15. The Balaban J connectivity index is 1.78. The molecule has 0 spiro atoms. The van der Waals surface area contributed by atoms with Gasteiger partial charge in [0.25, 0.3) is 11.8 Å². The van der Waals surface area contributed by atoms with Crippen LogP contribution in [-0.4, -0.2) is 30.3 Å². The summed E-state index contributed by atoms with van der Waals surface area (Å²) in [6.07, 6.45) is -0.885. The predicted octanol–water partition coefficient (Wildman–Crippen LogP) is 1.75. The van der Waals surface area contributed by atoms with Crippen molar-refractivity contribution in [3.8, 4) is 17.6 Å². The number of nitriles is 1. The van der Waals surface area contributed by atoms with Crippen LogP contribution in [0.1, 0.15) is 29.8 Å². The van der Waals surface area contributed by atoms with Crippen LogP contribution < -0.4 is 20.3 Å². The van der Waals surface area contributed by atoms with Crippen molar-refractivity contribution < 1.29 is 23.9 Å². The van der Waals surface area contributed by atoms with Gasteiger partial charge in [-0.3, -0.25) is 25.2 Å². The molecular formula is C20H19N3O5. The maximum Gasteiger partial charge on any atom is 0.279 e. The zero-order chi connectivity index (χ0) is 20.5. The molecule has 2 aromatic rings.